The normalized spacial score (nSPS) is 19.8. The van der Waals surface area contributed by atoms with Crippen molar-refractivity contribution in [3.8, 4) is 5.75 Å². The number of anilines is 2. The van der Waals surface area contributed by atoms with E-state index < -0.39 is 0 Å². The van der Waals surface area contributed by atoms with E-state index in [9.17, 15) is 9.59 Å². The van der Waals surface area contributed by atoms with Gasteiger partial charge in [0.15, 0.2) is 0 Å². The van der Waals surface area contributed by atoms with Crippen LogP contribution < -0.4 is 15.0 Å². The molecule has 32 heavy (non-hydrogen) atoms. The number of ether oxygens (including phenoxy) is 1. The Morgan fingerprint density at radius 1 is 1.09 bits per heavy atom. The van der Waals surface area contributed by atoms with Gasteiger partial charge in [0.25, 0.3) is 0 Å². The summed E-state index contributed by atoms with van der Waals surface area (Å²) in [6, 6.07) is 15.8. The molecule has 6 heteroatoms. The predicted octanol–water partition coefficient (Wildman–Crippen LogP) is 4.10. The molecule has 0 radical (unpaired) electrons. The summed E-state index contributed by atoms with van der Waals surface area (Å²) in [6.07, 6.45) is 4.81. The average molecular weight is 436 g/mol. The third-order valence-corrected chi connectivity index (χ3v) is 6.69. The zero-order chi connectivity index (χ0) is 22.5. The maximum absolute atomic E-state index is 13.3. The molecule has 2 amide bonds. The monoisotopic (exact) mass is 435 g/mol. The fourth-order valence-electron chi connectivity index (χ4n) is 4.83. The third kappa shape index (κ3) is 5.30. The van der Waals surface area contributed by atoms with E-state index in [0.29, 0.717) is 24.6 Å². The number of fused-ring (bicyclic) bond motifs is 1. The second-order valence-electron chi connectivity index (χ2n) is 8.99. The summed E-state index contributed by atoms with van der Waals surface area (Å²) in [4.78, 5) is 29.5. The van der Waals surface area contributed by atoms with Crippen molar-refractivity contribution in [1.29, 1.82) is 0 Å². The summed E-state index contributed by atoms with van der Waals surface area (Å²) in [5.74, 6) is 1.62. The highest BCUT2D eigenvalue weighted by molar-refractivity contribution is 6.04. The van der Waals surface area contributed by atoms with Crippen molar-refractivity contribution in [2.75, 3.05) is 37.0 Å². The first-order chi connectivity index (χ1) is 15.5. The van der Waals surface area contributed by atoms with Crippen LogP contribution in [-0.2, 0) is 16.0 Å². The summed E-state index contributed by atoms with van der Waals surface area (Å²) in [5.41, 5.74) is 2.86. The van der Waals surface area contributed by atoms with Crippen molar-refractivity contribution in [2.45, 2.75) is 45.1 Å². The van der Waals surface area contributed by atoms with Crippen LogP contribution in [0.1, 0.15) is 38.2 Å². The molecule has 6 nitrogen and oxygen atoms in total. The van der Waals surface area contributed by atoms with E-state index in [1.54, 1.807) is 7.11 Å². The largest absolute Gasteiger partial charge is 0.497 e. The molecule has 2 aliphatic heterocycles. The first kappa shape index (κ1) is 22.3. The number of piperidine rings is 1. The molecule has 2 aromatic carbocycles. The number of methoxy groups -OCH3 is 1. The summed E-state index contributed by atoms with van der Waals surface area (Å²) in [7, 11) is 1.69. The summed E-state index contributed by atoms with van der Waals surface area (Å²) >= 11 is 0. The van der Waals surface area contributed by atoms with Gasteiger partial charge >= 0.3 is 0 Å². The fraction of sp³-hybridized carbons (Fsp3) is 0.462. The Balaban J connectivity index is 1.30. The maximum Gasteiger partial charge on any atom is 0.241 e. The summed E-state index contributed by atoms with van der Waals surface area (Å²) < 4.78 is 5.23. The van der Waals surface area contributed by atoms with Gasteiger partial charge < -0.3 is 15.0 Å². The van der Waals surface area contributed by atoms with Crippen LogP contribution in [-0.4, -0.2) is 49.5 Å². The smallest absolute Gasteiger partial charge is 0.241 e. The molecule has 0 bridgehead atoms. The molecule has 1 N–H and O–H groups in total. The van der Waals surface area contributed by atoms with Crippen molar-refractivity contribution in [1.82, 2.24) is 4.90 Å². The zero-order valence-corrected chi connectivity index (χ0v) is 19.0. The number of carbonyl (C=O) groups excluding carboxylic acids is 2. The Morgan fingerprint density at radius 3 is 2.53 bits per heavy atom. The molecule has 0 saturated carbocycles. The first-order valence-corrected chi connectivity index (χ1v) is 11.6. The van der Waals surface area contributed by atoms with E-state index in [2.05, 4.69) is 22.3 Å². The lowest BCUT2D eigenvalue weighted by Gasteiger charge is -2.34. The van der Waals surface area contributed by atoms with Gasteiger partial charge in [0.2, 0.25) is 11.8 Å². The van der Waals surface area contributed by atoms with E-state index in [4.69, 9.17) is 4.74 Å². The van der Waals surface area contributed by atoms with Crippen molar-refractivity contribution < 1.29 is 14.3 Å². The van der Waals surface area contributed by atoms with Gasteiger partial charge in [-0.25, -0.2) is 0 Å². The van der Waals surface area contributed by atoms with Crippen molar-refractivity contribution in [2.24, 2.45) is 5.92 Å². The lowest BCUT2D eigenvalue weighted by atomic mass is 9.90. The summed E-state index contributed by atoms with van der Waals surface area (Å²) in [5, 5.41) is 2.93. The van der Waals surface area contributed by atoms with Gasteiger partial charge in [-0.05, 0) is 81.4 Å². The molecule has 2 heterocycles. The lowest BCUT2D eigenvalue weighted by Crippen LogP contribution is -2.47. The van der Waals surface area contributed by atoms with Crippen LogP contribution in [0.5, 0.6) is 5.75 Å². The standard InChI is InChI=1S/C26H33N3O3/c1-19-17-25(30)27-23-5-3-4-6-24(23)29(19)26(31)18-28-15-13-21(14-16-28)8-7-20-9-11-22(32-2)12-10-20/h3-6,9-12,19,21H,7-8,13-18H2,1-2H3,(H,27,30). The SMILES string of the molecule is COc1ccc(CCC2CCN(CC(=O)N3c4ccccc4NC(=O)CC3C)CC2)cc1. The number of likely N-dealkylation sites (tertiary alicyclic amines) is 1. The molecule has 0 aromatic heterocycles. The van der Waals surface area contributed by atoms with Crippen molar-refractivity contribution in [3.05, 3.63) is 54.1 Å². The number of carbonyl (C=O) groups is 2. The maximum atomic E-state index is 13.3. The molecular weight excluding hydrogens is 402 g/mol. The zero-order valence-electron chi connectivity index (χ0n) is 19.0. The number of nitrogens with one attached hydrogen (secondary N) is 1. The van der Waals surface area contributed by atoms with Gasteiger partial charge in [0.05, 0.1) is 25.0 Å². The molecule has 170 valence electrons. The van der Waals surface area contributed by atoms with Gasteiger partial charge in [-0.2, -0.15) is 0 Å². The van der Waals surface area contributed by atoms with Gasteiger partial charge in [-0.15, -0.1) is 0 Å². The quantitative estimate of drug-likeness (QED) is 0.742. The molecule has 2 aliphatic rings. The minimum Gasteiger partial charge on any atom is -0.497 e. The van der Waals surface area contributed by atoms with Gasteiger partial charge in [-0.1, -0.05) is 24.3 Å². The van der Waals surface area contributed by atoms with Crippen LogP contribution in [0.2, 0.25) is 0 Å². The van der Waals surface area contributed by atoms with Crippen LogP contribution in [0, 0.1) is 5.92 Å². The molecule has 0 aliphatic carbocycles. The molecule has 4 rings (SSSR count). The number of hydrogen-bond acceptors (Lipinski definition) is 4. The minimum absolute atomic E-state index is 0.0436. The van der Waals surface area contributed by atoms with Crippen molar-refractivity contribution in [3.63, 3.8) is 0 Å². The van der Waals surface area contributed by atoms with E-state index >= 15 is 0 Å². The Labute approximate surface area is 190 Å². The van der Waals surface area contributed by atoms with E-state index in [1.165, 1.54) is 12.0 Å². The number of amides is 2. The van der Waals surface area contributed by atoms with Crippen LogP contribution in [0.3, 0.4) is 0 Å². The number of benzene rings is 2. The molecule has 2 aromatic rings. The second kappa shape index (κ2) is 10.2. The van der Waals surface area contributed by atoms with Gasteiger partial charge in [-0.3, -0.25) is 14.5 Å². The van der Waals surface area contributed by atoms with Crippen molar-refractivity contribution >= 4 is 23.2 Å². The van der Waals surface area contributed by atoms with E-state index in [-0.39, 0.29) is 17.9 Å². The predicted molar refractivity (Wildman–Crippen MR) is 127 cm³/mol. The highest BCUT2D eigenvalue weighted by atomic mass is 16.5. The second-order valence-corrected chi connectivity index (χ2v) is 8.99. The number of nitrogens with zero attached hydrogens (tertiary/aromatic N) is 2. The van der Waals surface area contributed by atoms with Crippen LogP contribution in [0.25, 0.3) is 0 Å². The molecule has 1 atom stereocenters. The fourth-order valence-corrected chi connectivity index (χ4v) is 4.83. The Hall–Kier alpha value is -2.86. The third-order valence-electron chi connectivity index (χ3n) is 6.69. The Bertz CT molecular complexity index is 936. The molecular formula is C26H33N3O3. The Morgan fingerprint density at radius 2 is 1.81 bits per heavy atom. The highest BCUT2D eigenvalue weighted by Crippen LogP contribution is 2.32. The molecule has 1 saturated heterocycles. The minimum atomic E-state index is -0.159. The van der Waals surface area contributed by atoms with E-state index in [0.717, 1.165) is 43.8 Å². The number of rotatable bonds is 6. The van der Waals surface area contributed by atoms with Crippen LogP contribution in [0.4, 0.5) is 11.4 Å². The number of para-hydroxylation sites is 2. The highest BCUT2D eigenvalue weighted by Gasteiger charge is 2.31. The van der Waals surface area contributed by atoms with Gasteiger partial charge in [0, 0.05) is 12.5 Å². The lowest BCUT2D eigenvalue weighted by molar-refractivity contribution is -0.120. The molecule has 1 fully saturated rings. The first-order valence-electron chi connectivity index (χ1n) is 11.6. The number of aryl methyl sites for hydroxylation is 1. The van der Waals surface area contributed by atoms with E-state index in [1.807, 2.05) is 48.2 Å². The number of hydrogen-bond donors (Lipinski definition) is 1. The molecule has 1 unspecified atom stereocenters. The Kier molecular flexibility index (Phi) is 7.10. The van der Waals surface area contributed by atoms with Crippen LogP contribution in [0.15, 0.2) is 48.5 Å². The topological polar surface area (TPSA) is 61.9 Å². The average Bonchev–Trinajstić information content (AvgIpc) is 2.93. The summed E-state index contributed by atoms with van der Waals surface area (Å²) in [6.45, 7) is 4.24. The van der Waals surface area contributed by atoms with Gasteiger partial charge in [0.1, 0.15) is 5.75 Å². The van der Waals surface area contributed by atoms with Crippen LogP contribution >= 0.6 is 0 Å². The molecule has 0 spiro atoms.